The van der Waals surface area contributed by atoms with E-state index >= 15 is 0 Å². The first-order valence-electron chi connectivity index (χ1n) is 7.44. The normalized spacial score (nSPS) is 22.8. The second-order valence-corrected chi connectivity index (χ2v) is 8.30. The molecule has 1 aliphatic carbocycles. The molecule has 1 aliphatic rings. The Morgan fingerprint density at radius 2 is 1.68 bits per heavy atom. The molecule has 1 fully saturated rings. The smallest absolute Gasteiger partial charge is 0.333 e. The Kier molecular flexibility index (Phi) is 6.17. The van der Waals surface area contributed by atoms with Crippen LogP contribution in [0.1, 0.15) is 34.6 Å². The Labute approximate surface area is 154 Å². The molecule has 0 aromatic carbocycles. The molecule has 2 atom stereocenters. The number of amides is 3. The molecule has 142 valence electrons. The lowest BCUT2D eigenvalue weighted by atomic mass is 10.1. The Morgan fingerprint density at radius 3 is 2.12 bits per heavy atom. The second-order valence-electron chi connectivity index (χ2n) is 7.48. The number of hydrogen-bond donors (Lipinski definition) is 3. The highest BCUT2D eigenvalue weighted by Gasteiger charge is 2.61. The van der Waals surface area contributed by atoms with Crippen LogP contribution in [0.15, 0.2) is 11.1 Å². The SMILES string of the molecule is CC(C)(C)NC(=O)NC(=S)NC(=O)[C@H]1[C@@H](/C=C(\Cl)C(F)(F)F)C1(C)C. The zero-order valence-corrected chi connectivity index (χ0v) is 16.0. The summed E-state index contributed by atoms with van der Waals surface area (Å²) in [5.74, 6) is -1.97. The Hall–Kier alpha value is -1.35. The number of urea groups is 1. The van der Waals surface area contributed by atoms with E-state index in [2.05, 4.69) is 16.0 Å². The van der Waals surface area contributed by atoms with E-state index in [0.29, 0.717) is 0 Å². The summed E-state index contributed by atoms with van der Waals surface area (Å²) >= 11 is 10.1. The van der Waals surface area contributed by atoms with Crippen molar-refractivity contribution >= 4 is 40.9 Å². The summed E-state index contributed by atoms with van der Waals surface area (Å²) in [7, 11) is 0. The fourth-order valence-electron chi connectivity index (χ4n) is 2.44. The standard InChI is InChI=1S/C15H21ClF3N3O2S/c1-13(2,3)22-11(24)21-12(25)20-10(23)9-7(14(9,4)5)6-8(16)15(17,18)19/h6-7,9H,1-5H3,(H3,20,21,22,23,24,25)/b8-6-/t7-,9-/m1/s1. The summed E-state index contributed by atoms with van der Waals surface area (Å²) in [6.45, 7) is 8.61. The van der Waals surface area contributed by atoms with Crippen LogP contribution < -0.4 is 16.0 Å². The summed E-state index contributed by atoms with van der Waals surface area (Å²) in [6.07, 6.45) is -3.81. The zero-order valence-electron chi connectivity index (χ0n) is 14.5. The first kappa shape index (κ1) is 21.7. The molecular weight excluding hydrogens is 379 g/mol. The van der Waals surface area contributed by atoms with Gasteiger partial charge in [-0.05, 0) is 44.3 Å². The highest BCUT2D eigenvalue weighted by Crippen LogP contribution is 2.60. The average molecular weight is 400 g/mol. The van der Waals surface area contributed by atoms with E-state index < -0.39 is 45.9 Å². The fourth-order valence-corrected chi connectivity index (χ4v) is 2.77. The number of alkyl halides is 3. The van der Waals surface area contributed by atoms with Crippen molar-refractivity contribution in [3.05, 3.63) is 11.1 Å². The molecule has 0 spiro atoms. The lowest BCUT2D eigenvalue weighted by molar-refractivity contribution is -0.121. The predicted octanol–water partition coefficient (Wildman–Crippen LogP) is 3.44. The highest BCUT2D eigenvalue weighted by atomic mass is 35.5. The Bertz CT molecular complexity index is 612. The van der Waals surface area contributed by atoms with Gasteiger partial charge in [0.25, 0.3) is 0 Å². The number of thiocarbonyl (C=S) groups is 1. The van der Waals surface area contributed by atoms with E-state index in [0.717, 1.165) is 6.08 Å². The maximum Gasteiger partial charge on any atom is 0.426 e. The van der Waals surface area contributed by atoms with Gasteiger partial charge in [-0.25, -0.2) is 4.79 Å². The number of carbonyl (C=O) groups excluding carboxylic acids is 2. The minimum absolute atomic E-state index is 0.223. The van der Waals surface area contributed by atoms with Crippen molar-refractivity contribution in [2.75, 3.05) is 0 Å². The van der Waals surface area contributed by atoms with Crippen LogP contribution in [0.25, 0.3) is 0 Å². The van der Waals surface area contributed by atoms with E-state index in [1.807, 2.05) is 0 Å². The van der Waals surface area contributed by atoms with E-state index in [1.54, 1.807) is 34.6 Å². The van der Waals surface area contributed by atoms with Crippen molar-refractivity contribution in [2.45, 2.75) is 46.3 Å². The number of hydrogen-bond acceptors (Lipinski definition) is 3. The Balaban J connectivity index is 2.66. The van der Waals surface area contributed by atoms with E-state index in [1.165, 1.54) is 0 Å². The number of halogens is 4. The number of carbonyl (C=O) groups is 2. The lowest BCUT2D eigenvalue weighted by Gasteiger charge is -2.21. The van der Waals surface area contributed by atoms with Crippen LogP contribution in [-0.2, 0) is 4.79 Å². The first-order valence-corrected chi connectivity index (χ1v) is 8.23. The monoisotopic (exact) mass is 399 g/mol. The third-order valence-corrected chi connectivity index (χ3v) is 4.29. The molecule has 0 bridgehead atoms. The van der Waals surface area contributed by atoms with Crippen LogP contribution in [0, 0.1) is 17.3 Å². The van der Waals surface area contributed by atoms with Gasteiger partial charge in [0.15, 0.2) is 5.11 Å². The average Bonchev–Trinajstić information content (AvgIpc) is 2.86. The topological polar surface area (TPSA) is 70.2 Å². The van der Waals surface area contributed by atoms with Crippen molar-refractivity contribution < 1.29 is 22.8 Å². The molecule has 0 aromatic heterocycles. The molecule has 0 unspecified atom stereocenters. The quantitative estimate of drug-likeness (QED) is 0.623. The van der Waals surface area contributed by atoms with Crippen LogP contribution in [-0.4, -0.2) is 28.8 Å². The number of rotatable bonds is 2. The largest absolute Gasteiger partial charge is 0.426 e. The molecule has 5 nitrogen and oxygen atoms in total. The van der Waals surface area contributed by atoms with Gasteiger partial charge >= 0.3 is 12.2 Å². The van der Waals surface area contributed by atoms with Gasteiger partial charge in [-0.3, -0.25) is 10.1 Å². The molecule has 0 aliphatic heterocycles. The molecule has 10 heteroatoms. The van der Waals surface area contributed by atoms with Crippen molar-refractivity contribution in [1.82, 2.24) is 16.0 Å². The molecule has 25 heavy (non-hydrogen) atoms. The summed E-state index contributed by atoms with van der Waals surface area (Å²) in [6, 6.07) is -0.593. The van der Waals surface area contributed by atoms with Crippen molar-refractivity contribution in [3.63, 3.8) is 0 Å². The maximum atomic E-state index is 12.5. The van der Waals surface area contributed by atoms with Crippen LogP contribution in [0.2, 0.25) is 0 Å². The third-order valence-electron chi connectivity index (χ3n) is 3.74. The van der Waals surface area contributed by atoms with Gasteiger partial charge in [-0.1, -0.05) is 31.5 Å². The minimum atomic E-state index is -4.65. The van der Waals surface area contributed by atoms with Crippen molar-refractivity contribution in [2.24, 2.45) is 17.3 Å². The van der Waals surface area contributed by atoms with Crippen molar-refractivity contribution in [3.8, 4) is 0 Å². The molecule has 1 saturated carbocycles. The summed E-state index contributed by atoms with van der Waals surface area (Å²) in [4.78, 5) is 23.9. The van der Waals surface area contributed by atoms with Gasteiger partial charge in [0.05, 0.1) is 5.92 Å². The zero-order chi connectivity index (χ0) is 19.8. The lowest BCUT2D eigenvalue weighted by Crippen LogP contribution is -2.51. The van der Waals surface area contributed by atoms with Gasteiger partial charge in [0.1, 0.15) is 5.03 Å². The second kappa shape index (κ2) is 7.11. The first-order chi connectivity index (χ1) is 11.1. The van der Waals surface area contributed by atoms with Gasteiger partial charge in [0.2, 0.25) is 5.91 Å². The minimum Gasteiger partial charge on any atom is -0.333 e. The van der Waals surface area contributed by atoms with E-state index in [4.69, 9.17) is 23.8 Å². The van der Waals surface area contributed by atoms with Gasteiger partial charge in [0, 0.05) is 5.54 Å². The summed E-state index contributed by atoms with van der Waals surface area (Å²) in [5.41, 5.74) is -1.19. The van der Waals surface area contributed by atoms with E-state index in [-0.39, 0.29) is 5.11 Å². The maximum absolute atomic E-state index is 12.5. The summed E-state index contributed by atoms with van der Waals surface area (Å²) < 4.78 is 37.6. The van der Waals surface area contributed by atoms with Crippen molar-refractivity contribution in [1.29, 1.82) is 0 Å². The number of allylic oxidation sites excluding steroid dienone is 2. The van der Waals surface area contributed by atoms with Crippen LogP contribution in [0.4, 0.5) is 18.0 Å². The Morgan fingerprint density at radius 1 is 1.16 bits per heavy atom. The van der Waals surface area contributed by atoms with Gasteiger partial charge < -0.3 is 10.6 Å². The number of nitrogens with one attached hydrogen (secondary N) is 3. The van der Waals surface area contributed by atoms with Gasteiger partial charge in [-0.15, -0.1) is 0 Å². The fraction of sp³-hybridized carbons (Fsp3) is 0.667. The molecule has 1 rings (SSSR count). The molecule has 3 amide bonds. The van der Waals surface area contributed by atoms with Crippen LogP contribution in [0.3, 0.4) is 0 Å². The third kappa shape index (κ3) is 6.14. The highest BCUT2D eigenvalue weighted by molar-refractivity contribution is 7.80. The van der Waals surface area contributed by atoms with Gasteiger partial charge in [-0.2, -0.15) is 13.2 Å². The molecule has 3 N–H and O–H groups in total. The molecule has 0 saturated heterocycles. The molecule has 0 heterocycles. The van der Waals surface area contributed by atoms with Crippen LogP contribution in [0.5, 0.6) is 0 Å². The summed E-state index contributed by atoms with van der Waals surface area (Å²) in [5, 5.41) is 5.72. The molecule has 0 aromatic rings. The molecular formula is C15H21ClF3N3O2S. The predicted molar refractivity (Wildman–Crippen MR) is 92.9 cm³/mol. The van der Waals surface area contributed by atoms with E-state index in [9.17, 15) is 22.8 Å². The van der Waals surface area contributed by atoms with Crippen LogP contribution >= 0.6 is 23.8 Å². The molecule has 0 radical (unpaired) electrons.